The average Bonchev–Trinajstić information content (AvgIpc) is 2.75. The molecule has 0 aliphatic rings. The van der Waals surface area contributed by atoms with Crippen molar-refractivity contribution in [1.29, 1.82) is 5.26 Å². The summed E-state index contributed by atoms with van der Waals surface area (Å²) in [6.45, 7) is 7.48. The number of nitrogens with one attached hydrogen (secondary N) is 1. The van der Waals surface area contributed by atoms with Gasteiger partial charge in [0.2, 0.25) is 15.9 Å². The van der Waals surface area contributed by atoms with Crippen LogP contribution in [0.25, 0.3) is 0 Å². The molecule has 1 aromatic carbocycles. The van der Waals surface area contributed by atoms with E-state index in [-0.39, 0.29) is 16.1 Å². The van der Waals surface area contributed by atoms with Crippen LogP contribution < -0.4 is 10.9 Å². The number of aryl methyl sites for hydroxylation is 1. The van der Waals surface area contributed by atoms with Gasteiger partial charge in [-0.05, 0) is 36.6 Å². The first-order valence-electron chi connectivity index (χ1n) is 10.2. The van der Waals surface area contributed by atoms with Crippen LogP contribution in [0.4, 0.5) is 5.69 Å². The number of nitrogens with zero attached hydrogens (tertiary/aromatic N) is 4. The third-order valence-electron chi connectivity index (χ3n) is 4.89. The Kier molecular flexibility index (Phi) is 8.08. The van der Waals surface area contributed by atoms with Gasteiger partial charge in [-0.15, -0.1) is 0 Å². The van der Waals surface area contributed by atoms with Gasteiger partial charge >= 0.3 is 0 Å². The highest BCUT2D eigenvalue weighted by atomic mass is 32.2. The van der Waals surface area contributed by atoms with Crippen LogP contribution in [0.3, 0.4) is 0 Å². The van der Waals surface area contributed by atoms with Gasteiger partial charge in [-0.1, -0.05) is 33.8 Å². The molecular weight excluding hydrogens is 418 g/mol. The predicted octanol–water partition coefficient (Wildman–Crippen LogP) is 1.91. The fourth-order valence-corrected chi connectivity index (χ4v) is 4.83. The molecule has 0 saturated carbocycles. The summed E-state index contributed by atoms with van der Waals surface area (Å²) in [6.07, 6.45) is 1.01. The normalized spacial score (nSPS) is 11.4. The van der Waals surface area contributed by atoms with Crippen molar-refractivity contribution in [3.63, 3.8) is 0 Å². The molecule has 0 aliphatic carbocycles. The van der Waals surface area contributed by atoms with Gasteiger partial charge in [0.1, 0.15) is 18.2 Å². The molecule has 0 aliphatic heterocycles. The van der Waals surface area contributed by atoms with E-state index >= 15 is 0 Å². The van der Waals surface area contributed by atoms with E-state index in [4.69, 9.17) is 0 Å². The maximum absolute atomic E-state index is 12.7. The number of anilines is 1. The van der Waals surface area contributed by atoms with E-state index in [0.29, 0.717) is 37.2 Å². The highest BCUT2D eigenvalue weighted by Crippen LogP contribution is 2.19. The van der Waals surface area contributed by atoms with E-state index in [1.54, 1.807) is 19.9 Å². The molecule has 0 fully saturated rings. The summed E-state index contributed by atoms with van der Waals surface area (Å²) in [6, 6.07) is 7.86. The third-order valence-corrected chi connectivity index (χ3v) is 6.94. The van der Waals surface area contributed by atoms with Crippen molar-refractivity contribution in [2.24, 2.45) is 0 Å². The van der Waals surface area contributed by atoms with E-state index in [1.165, 1.54) is 22.5 Å². The molecule has 9 nitrogen and oxygen atoms in total. The van der Waals surface area contributed by atoms with Crippen LogP contribution in [0.1, 0.15) is 44.5 Å². The summed E-state index contributed by atoms with van der Waals surface area (Å²) in [5.41, 5.74) is 0.853. The highest BCUT2D eigenvalue weighted by molar-refractivity contribution is 7.89. The molecule has 1 heterocycles. The van der Waals surface area contributed by atoms with Crippen LogP contribution in [0.15, 0.2) is 34.0 Å². The zero-order valence-corrected chi connectivity index (χ0v) is 19.0. The number of carbonyl (C=O) groups is 1. The molecule has 2 rings (SSSR count). The van der Waals surface area contributed by atoms with E-state index in [9.17, 15) is 23.3 Å². The van der Waals surface area contributed by atoms with E-state index in [1.807, 2.05) is 19.9 Å². The van der Waals surface area contributed by atoms with Crippen LogP contribution >= 0.6 is 0 Å². The second-order valence-corrected chi connectivity index (χ2v) is 8.69. The lowest BCUT2D eigenvalue weighted by Crippen LogP contribution is -2.33. The molecule has 1 N–H and O–H groups in total. The minimum atomic E-state index is -3.67. The van der Waals surface area contributed by atoms with Gasteiger partial charge in [-0.2, -0.15) is 14.7 Å². The van der Waals surface area contributed by atoms with Gasteiger partial charge < -0.3 is 5.32 Å². The molecule has 0 spiro atoms. The lowest BCUT2D eigenvalue weighted by Gasteiger charge is -2.19. The molecule has 10 heteroatoms. The van der Waals surface area contributed by atoms with Crippen molar-refractivity contribution in [2.75, 3.05) is 18.4 Å². The van der Waals surface area contributed by atoms with E-state index in [0.717, 1.165) is 4.68 Å². The van der Waals surface area contributed by atoms with Gasteiger partial charge in [0.15, 0.2) is 0 Å². The molecule has 0 saturated heterocycles. The van der Waals surface area contributed by atoms with Gasteiger partial charge in [0, 0.05) is 18.8 Å². The van der Waals surface area contributed by atoms with Crippen molar-refractivity contribution < 1.29 is 13.2 Å². The number of carbonyl (C=O) groups excluding carboxylic acids is 1. The predicted molar refractivity (Wildman–Crippen MR) is 117 cm³/mol. The van der Waals surface area contributed by atoms with Gasteiger partial charge in [0.25, 0.3) is 5.56 Å². The monoisotopic (exact) mass is 445 g/mol. The Labute approximate surface area is 182 Å². The number of benzene rings is 1. The molecule has 31 heavy (non-hydrogen) atoms. The fourth-order valence-electron chi connectivity index (χ4n) is 3.32. The van der Waals surface area contributed by atoms with Crippen LogP contribution in [0.5, 0.6) is 0 Å². The Balaban J connectivity index is 2.31. The quantitative estimate of drug-likeness (QED) is 0.628. The zero-order valence-electron chi connectivity index (χ0n) is 18.2. The lowest BCUT2D eigenvalue weighted by molar-refractivity contribution is -0.117. The average molecular weight is 446 g/mol. The van der Waals surface area contributed by atoms with E-state index < -0.39 is 28.0 Å². The largest absolute Gasteiger partial charge is 0.324 e. The standard InChI is InChI=1S/C21H27N5O4S/c1-5-17-18(13-22)21(28)26(24-19(17)6-2)14-20(27)23-15-10-9-11-16(12-15)31(29,30)25(7-3)8-4/h9-12H,5-8,14H2,1-4H3,(H,23,27). The number of sulfonamides is 1. The van der Waals surface area contributed by atoms with Gasteiger partial charge in [-0.25, -0.2) is 13.1 Å². The lowest BCUT2D eigenvalue weighted by atomic mass is 10.0. The van der Waals surface area contributed by atoms with Crippen molar-refractivity contribution in [3.8, 4) is 6.07 Å². The van der Waals surface area contributed by atoms with Crippen molar-refractivity contribution in [1.82, 2.24) is 14.1 Å². The fraction of sp³-hybridized carbons (Fsp3) is 0.429. The molecule has 0 bridgehead atoms. The van der Waals surface area contributed by atoms with Crippen molar-refractivity contribution in [2.45, 2.75) is 52.0 Å². The number of aromatic nitrogens is 2. The van der Waals surface area contributed by atoms with Crippen LogP contribution in [0.2, 0.25) is 0 Å². The first-order chi connectivity index (χ1) is 14.7. The summed E-state index contributed by atoms with van der Waals surface area (Å²) in [7, 11) is -3.67. The molecule has 0 unspecified atom stereocenters. The Hall–Kier alpha value is -3.03. The molecule has 2 aromatic rings. The van der Waals surface area contributed by atoms with Crippen LogP contribution in [-0.4, -0.2) is 41.5 Å². The zero-order chi connectivity index (χ0) is 23.2. The Morgan fingerprint density at radius 3 is 2.42 bits per heavy atom. The van der Waals surface area contributed by atoms with Crippen LogP contribution in [-0.2, 0) is 34.2 Å². The van der Waals surface area contributed by atoms with E-state index in [2.05, 4.69) is 10.4 Å². The number of nitriles is 1. The summed E-state index contributed by atoms with van der Waals surface area (Å²) in [5, 5.41) is 16.2. The first kappa shape index (κ1) is 24.2. The number of amides is 1. The second-order valence-electron chi connectivity index (χ2n) is 6.75. The number of rotatable bonds is 9. The Morgan fingerprint density at radius 2 is 1.87 bits per heavy atom. The topological polar surface area (TPSA) is 125 Å². The second kappa shape index (κ2) is 10.3. The molecule has 0 atom stereocenters. The molecule has 0 radical (unpaired) electrons. The highest BCUT2D eigenvalue weighted by Gasteiger charge is 2.22. The third kappa shape index (κ3) is 5.18. The molecular formula is C21H27N5O4S. The van der Waals surface area contributed by atoms with Crippen LogP contribution in [0, 0.1) is 11.3 Å². The van der Waals surface area contributed by atoms with Gasteiger partial charge in [-0.3, -0.25) is 9.59 Å². The smallest absolute Gasteiger partial charge is 0.285 e. The summed E-state index contributed by atoms with van der Waals surface area (Å²) < 4.78 is 27.7. The molecule has 1 amide bonds. The Bertz CT molecular complexity index is 1160. The Morgan fingerprint density at radius 1 is 1.19 bits per heavy atom. The number of hydrogen-bond acceptors (Lipinski definition) is 6. The minimum Gasteiger partial charge on any atom is -0.324 e. The minimum absolute atomic E-state index is 0.00513. The first-order valence-corrected chi connectivity index (χ1v) is 11.6. The molecule has 166 valence electrons. The SMILES string of the molecule is CCc1nn(CC(=O)Nc2cccc(S(=O)(=O)N(CC)CC)c2)c(=O)c(C#N)c1CC. The van der Waals surface area contributed by atoms with Crippen molar-refractivity contribution in [3.05, 3.63) is 51.4 Å². The van der Waals surface area contributed by atoms with Crippen molar-refractivity contribution >= 4 is 21.6 Å². The van der Waals surface area contributed by atoms with Gasteiger partial charge in [0.05, 0.1) is 10.6 Å². The maximum atomic E-state index is 12.7. The number of hydrogen-bond donors (Lipinski definition) is 1. The summed E-state index contributed by atoms with van der Waals surface area (Å²) in [4.78, 5) is 25.2. The maximum Gasteiger partial charge on any atom is 0.285 e. The summed E-state index contributed by atoms with van der Waals surface area (Å²) >= 11 is 0. The summed E-state index contributed by atoms with van der Waals surface area (Å²) in [5.74, 6) is -0.554. The molecule has 1 aromatic heterocycles.